The first-order valence-electron chi connectivity index (χ1n) is 11.9. The Hall–Kier alpha value is -4.14. The Kier molecular flexibility index (Phi) is 5.78. The highest BCUT2D eigenvalue weighted by atomic mass is 16.5. The lowest BCUT2D eigenvalue weighted by molar-refractivity contribution is -0.129. The van der Waals surface area contributed by atoms with Crippen LogP contribution >= 0.6 is 0 Å². The fraction of sp³-hybridized carbons (Fsp3) is 0.333. The van der Waals surface area contributed by atoms with Gasteiger partial charge in [-0.2, -0.15) is 5.10 Å². The lowest BCUT2D eigenvalue weighted by atomic mass is 9.91. The molecule has 9 nitrogen and oxygen atoms in total. The zero-order chi connectivity index (χ0) is 25.6. The van der Waals surface area contributed by atoms with Crippen molar-refractivity contribution in [3.63, 3.8) is 0 Å². The molecule has 1 fully saturated rings. The van der Waals surface area contributed by atoms with Gasteiger partial charge in [-0.15, -0.1) is 0 Å². The minimum absolute atomic E-state index is 0.109. The minimum atomic E-state index is -0.661. The van der Waals surface area contributed by atoms with Crippen molar-refractivity contribution >= 4 is 23.4 Å². The van der Waals surface area contributed by atoms with Crippen molar-refractivity contribution in [1.82, 2.24) is 14.7 Å². The van der Waals surface area contributed by atoms with Crippen molar-refractivity contribution < 1.29 is 19.1 Å². The van der Waals surface area contributed by atoms with Crippen LogP contribution < -0.4 is 15.4 Å². The molecule has 0 unspecified atom stereocenters. The van der Waals surface area contributed by atoms with Gasteiger partial charge in [0.1, 0.15) is 11.4 Å². The van der Waals surface area contributed by atoms with E-state index in [9.17, 15) is 14.4 Å². The van der Waals surface area contributed by atoms with Crippen molar-refractivity contribution in [2.24, 2.45) is 5.73 Å². The Morgan fingerprint density at radius 3 is 2.25 bits per heavy atom. The van der Waals surface area contributed by atoms with Crippen LogP contribution in [0, 0.1) is 0 Å². The number of ether oxygens (including phenoxy) is 1. The van der Waals surface area contributed by atoms with Crippen LogP contribution in [0.4, 0.5) is 5.69 Å². The maximum absolute atomic E-state index is 13.7. The van der Waals surface area contributed by atoms with Gasteiger partial charge in [-0.25, -0.2) is 4.68 Å². The van der Waals surface area contributed by atoms with Gasteiger partial charge in [-0.05, 0) is 61.2 Å². The number of hydrogen-bond donors (Lipinski definition) is 1. The molecule has 0 atom stereocenters. The number of carbonyl (C=O) groups excluding carboxylic acids is 3. The molecule has 1 aliphatic carbocycles. The van der Waals surface area contributed by atoms with Gasteiger partial charge in [0.2, 0.25) is 5.91 Å². The number of hydrogen-bond acceptors (Lipinski definition) is 5. The number of amides is 3. The van der Waals surface area contributed by atoms with Crippen LogP contribution in [-0.4, -0.2) is 60.2 Å². The molecule has 0 spiro atoms. The summed E-state index contributed by atoms with van der Waals surface area (Å²) in [4.78, 5) is 41.5. The van der Waals surface area contributed by atoms with Gasteiger partial charge in [0.05, 0.1) is 12.8 Å². The molecule has 0 saturated heterocycles. The van der Waals surface area contributed by atoms with Crippen LogP contribution in [0.2, 0.25) is 0 Å². The molecule has 2 aromatic carbocycles. The van der Waals surface area contributed by atoms with E-state index in [1.807, 2.05) is 24.3 Å². The highest BCUT2D eigenvalue weighted by molar-refractivity contribution is 6.09. The first kappa shape index (κ1) is 23.6. The van der Waals surface area contributed by atoms with Crippen molar-refractivity contribution in [3.8, 4) is 11.4 Å². The monoisotopic (exact) mass is 487 g/mol. The van der Waals surface area contributed by atoms with Crippen molar-refractivity contribution in [1.29, 1.82) is 0 Å². The largest absolute Gasteiger partial charge is 0.497 e. The Labute approximate surface area is 209 Å². The average Bonchev–Trinajstić information content (AvgIpc) is 3.54. The third-order valence-corrected chi connectivity index (χ3v) is 7.20. The Balaban J connectivity index is 1.46. The van der Waals surface area contributed by atoms with Crippen molar-refractivity contribution in [3.05, 3.63) is 71.0 Å². The van der Waals surface area contributed by atoms with Crippen LogP contribution in [0.25, 0.3) is 5.69 Å². The SMILES string of the molecule is COc1ccc(-n2nc(C(N)=O)c3c2C(=O)N(c2ccc(C4(CC(=O)N(C)C)CC4)cc2)CC3)cc1. The maximum atomic E-state index is 13.7. The van der Waals surface area contributed by atoms with Crippen LogP contribution in [0.15, 0.2) is 48.5 Å². The van der Waals surface area contributed by atoms with Crippen molar-refractivity contribution in [2.75, 3.05) is 32.6 Å². The number of carbonyl (C=O) groups is 3. The highest BCUT2D eigenvalue weighted by Crippen LogP contribution is 2.51. The minimum Gasteiger partial charge on any atom is -0.497 e. The van der Waals surface area contributed by atoms with Gasteiger partial charge in [-0.3, -0.25) is 14.4 Å². The van der Waals surface area contributed by atoms with Gasteiger partial charge in [0, 0.05) is 43.7 Å². The smallest absolute Gasteiger partial charge is 0.277 e. The second-order valence-corrected chi connectivity index (χ2v) is 9.65. The highest BCUT2D eigenvalue weighted by Gasteiger charge is 2.46. The quantitative estimate of drug-likeness (QED) is 0.551. The third kappa shape index (κ3) is 4.00. The number of nitrogens with two attached hydrogens (primary N) is 1. The Bertz CT molecular complexity index is 1340. The predicted octanol–water partition coefficient (Wildman–Crippen LogP) is 2.69. The van der Waals surface area contributed by atoms with Crippen LogP contribution in [0.1, 0.15) is 51.4 Å². The summed E-state index contributed by atoms with van der Waals surface area (Å²) in [6.45, 7) is 0.407. The molecule has 2 aliphatic rings. The van der Waals surface area contributed by atoms with E-state index in [-0.39, 0.29) is 22.9 Å². The zero-order valence-electron chi connectivity index (χ0n) is 20.7. The van der Waals surface area contributed by atoms with E-state index in [0.717, 1.165) is 24.1 Å². The van der Waals surface area contributed by atoms with E-state index in [2.05, 4.69) is 5.10 Å². The van der Waals surface area contributed by atoms with Gasteiger partial charge in [-0.1, -0.05) is 12.1 Å². The van der Waals surface area contributed by atoms with Gasteiger partial charge >= 0.3 is 0 Å². The normalized spacial score (nSPS) is 15.9. The lowest BCUT2D eigenvalue weighted by Gasteiger charge is -2.28. The zero-order valence-corrected chi connectivity index (χ0v) is 20.7. The molecule has 0 radical (unpaired) electrons. The number of aromatic nitrogens is 2. The molecular weight excluding hydrogens is 458 g/mol. The summed E-state index contributed by atoms with van der Waals surface area (Å²) in [5.41, 5.74) is 9.01. The fourth-order valence-corrected chi connectivity index (χ4v) is 4.88. The summed E-state index contributed by atoms with van der Waals surface area (Å²) >= 11 is 0. The standard InChI is InChI=1S/C27H29N5O4/c1-30(2)22(33)16-27(13-14-27)17-4-6-18(7-5-17)31-15-12-21-23(25(28)34)29-32(24(21)26(31)35)19-8-10-20(36-3)11-9-19/h4-11H,12-16H2,1-3H3,(H2,28,34). The molecule has 1 aliphatic heterocycles. The van der Waals surface area contributed by atoms with Crippen LogP contribution in [0.5, 0.6) is 5.75 Å². The number of nitrogens with zero attached hydrogens (tertiary/aromatic N) is 4. The van der Waals surface area contributed by atoms with E-state index in [1.54, 1.807) is 55.3 Å². The summed E-state index contributed by atoms with van der Waals surface area (Å²) in [7, 11) is 5.13. The molecule has 5 rings (SSSR count). The predicted molar refractivity (Wildman–Crippen MR) is 135 cm³/mol. The summed E-state index contributed by atoms with van der Waals surface area (Å²) in [5.74, 6) is -0.120. The molecule has 2 N–H and O–H groups in total. The molecular formula is C27H29N5O4. The average molecular weight is 488 g/mol. The summed E-state index contributed by atoms with van der Waals surface area (Å²) < 4.78 is 6.72. The number of methoxy groups -OCH3 is 1. The van der Waals surface area contributed by atoms with Crippen LogP contribution in [0.3, 0.4) is 0 Å². The summed E-state index contributed by atoms with van der Waals surface area (Å²) in [5, 5.41) is 4.41. The second-order valence-electron chi connectivity index (χ2n) is 9.65. The maximum Gasteiger partial charge on any atom is 0.277 e. The molecule has 186 valence electrons. The molecule has 3 amide bonds. The summed E-state index contributed by atoms with van der Waals surface area (Å²) in [6, 6.07) is 15.0. The lowest BCUT2D eigenvalue weighted by Crippen LogP contribution is -2.39. The van der Waals surface area contributed by atoms with E-state index in [1.165, 1.54) is 4.68 Å². The van der Waals surface area contributed by atoms with Crippen LogP contribution in [-0.2, 0) is 16.6 Å². The third-order valence-electron chi connectivity index (χ3n) is 7.20. The van der Waals surface area contributed by atoms with Gasteiger partial charge in [0.15, 0.2) is 5.69 Å². The van der Waals surface area contributed by atoms with Crippen molar-refractivity contribution in [2.45, 2.75) is 31.1 Å². The van der Waals surface area contributed by atoms with Gasteiger partial charge < -0.3 is 20.3 Å². The molecule has 3 aromatic rings. The molecule has 1 aromatic heterocycles. The molecule has 1 saturated carbocycles. The molecule has 0 bridgehead atoms. The Morgan fingerprint density at radius 1 is 1.06 bits per heavy atom. The second kappa shape index (κ2) is 8.82. The first-order chi connectivity index (χ1) is 17.2. The molecule has 36 heavy (non-hydrogen) atoms. The fourth-order valence-electron chi connectivity index (χ4n) is 4.88. The van der Waals surface area contributed by atoms with E-state index < -0.39 is 5.91 Å². The number of primary amides is 1. The number of rotatable bonds is 7. The summed E-state index contributed by atoms with van der Waals surface area (Å²) in [6.07, 6.45) is 2.91. The number of fused-ring (bicyclic) bond motifs is 1. The van der Waals surface area contributed by atoms with E-state index >= 15 is 0 Å². The first-order valence-corrected chi connectivity index (χ1v) is 11.9. The topological polar surface area (TPSA) is 111 Å². The number of anilines is 1. The molecule has 9 heteroatoms. The Morgan fingerprint density at radius 2 is 1.69 bits per heavy atom. The van der Waals surface area contributed by atoms with E-state index in [0.29, 0.717) is 42.1 Å². The molecule has 2 heterocycles. The number of benzene rings is 2. The van der Waals surface area contributed by atoms with E-state index in [4.69, 9.17) is 10.5 Å². The van der Waals surface area contributed by atoms with Gasteiger partial charge in [0.25, 0.3) is 11.8 Å².